The molecule has 3 fully saturated rings. The molecule has 25 heavy (non-hydrogen) atoms. The zero-order valence-corrected chi connectivity index (χ0v) is 15.6. The van der Waals surface area contributed by atoms with Crippen molar-refractivity contribution in [3.05, 3.63) is 29.8 Å². The first-order valence-electron chi connectivity index (χ1n) is 9.78. The second kappa shape index (κ2) is 6.64. The van der Waals surface area contributed by atoms with Gasteiger partial charge in [-0.05, 0) is 63.1 Å². The predicted molar refractivity (Wildman–Crippen MR) is 98.8 cm³/mol. The van der Waals surface area contributed by atoms with Crippen molar-refractivity contribution >= 4 is 5.91 Å². The number of fused-ring (bicyclic) bond motifs is 2. The summed E-state index contributed by atoms with van der Waals surface area (Å²) < 4.78 is 5.33. The van der Waals surface area contributed by atoms with E-state index in [4.69, 9.17) is 4.74 Å². The van der Waals surface area contributed by atoms with Crippen LogP contribution in [0.3, 0.4) is 0 Å². The number of rotatable bonds is 4. The first kappa shape index (κ1) is 16.9. The van der Waals surface area contributed by atoms with E-state index >= 15 is 0 Å². The van der Waals surface area contributed by atoms with E-state index < -0.39 is 0 Å². The van der Waals surface area contributed by atoms with Gasteiger partial charge in [-0.25, -0.2) is 0 Å². The van der Waals surface area contributed by atoms with Gasteiger partial charge in [0.1, 0.15) is 5.75 Å². The molecule has 1 amide bonds. The van der Waals surface area contributed by atoms with E-state index in [-0.39, 0.29) is 5.92 Å². The molecule has 1 aromatic rings. The van der Waals surface area contributed by atoms with Crippen molar-refractivity contribution in [2.75, 3.05) is 20.2 Å². The Hall–Kier alpha value is -1.55. The monoisotopic (exact) mass is 342 g/mol. The lowest BCUT2D eigenvalue weighted by Crippen LogP contribution is -2.44. The fourth-order valence-electron chi connectivity index (χ4n) is 5.10. The topological polar surface area (TPSA) is 32.8 Å². The molecule has 0 spiro atoms. The number of nitrogens with zero attached hydrogens (tertiary/aromatic N) is 2. The van der Waals surface area contributed by atoms with Gasteiger partial charge in [-0.2, -0.15) is 0 Å². The normalized spacial score (nSPS) is 31.9. The van der Waals surface area contributed by atoms with Gasteiger partial charge in [-0.3, -0.25) is 9.69 Å². The number of amides is 1. The van der Waals surface area contributed by atoms with Crippen molar-refractivity contribution in [1.82, 2.24) is 9.80 Å². The lowest BCUT2D eigenvalue weighted by Gasteiger charge is -2.32. The predicted octanol–water partition coefficient (Wildman–Crippen LogP) is 3.27. The molecule has 1 aliphatic carbocycles. The van der Waals surface area contributed by atoms with Crippen LogP contribution in [0, 0.1) is 5.92 Å². The van der Waals surface area contributed by atoms with Gasteiger partial charge in [0.25, 0.3) is 0 Å². The number of likely N-dealkylation sites (tertiary alicyclic amines) is 1. The van der Waals surface area contributed by atoms with Gasteiger partial charge in [-0.1, -0.05) is 12.1 Å². The Morgan fingerprint density at radius 1 is 1.20 bits per heavy atom. The Morgan fingerprint density at radius 2 is 2.00 bits per heavy atom. The Bertz CT molecular complexity index is 645. The molecule has 2 saturated heterocycles. The van der Waals surface area contributed by atoms with Gasteiger partial charge >= 0.3 is 0 Å². The molecule has 4 nitrogen and oxygen atoms in total. The molecule has 0 aromatic heterocycles. The smallest absolute Gasteiger partial charge is 0.226 e. The molecule has 4 atom stereocenters. The molecule has 2 bridgehead atoms. The van der Waals surface area contributed by atoms with Gasteiger partial charge in [0.2, 0.25) is 5.91 Å². The Morgan fingerprint density at radius 3 is 2.76 bits per heavy atom. The highest BCUT2D eigenvalue weighted by Gasteiger charge is 2.48. The maximum absolute atomic E-state index is 13.1. The highest BCUT2D eigenvalue weighted by Crippen LogP contribution is 2.49. The van der Waals surface area contributed by atoms with E-state index in [1.54, 1.807) is 7.11 Å². The minimum absolute atomic E-state index is 0.177. The molecule has 0 N–H and O–H groups in total. The number of methoxy groups -OCH3 is 1. The molecule has 2 heterocycles. The van der Waals surface area contributed by atoms with Crippen LogP contribution < -0.4 is 4.74 Å². The van der Waals surface area contributed by atoms with Crippen molar-refractivity contribution in [3.63, 3.8) is 0 Å². The van der Waals surface area contributed by atoms with Crippen LogP contribution in [0.1, 0.15) is 51.0 Å². The van der Waals surface area contributed by atoms with Crippen LogP contribution in [-0.4, -0.2) is 54.0 Å². The highest BCUT2D eigenvalue weighted by atomic mass is 16.5. The van der Waals surface area contributed by atoms with Gasteiger partial charge < -0.3 is 9.64 Å². The number of benzene rings is 1. The Balaban J connectivity index is 1.42. The summed E-state index contributed by atoms with van der Waals surface area (Å²) in [6.45, 7) is 6.45. The average Bonchev–Trinajstić information content (AvgIpc) is 3.33. The summed E-state index contributed by atoms with van der Waals surface area (Å²) in [7, 11) is 1.70. The Labute approximate surface area is 151 Å². The van der Waals surface area contributed by atoms with Crippen LogP contribution in [0.2, 0.25) is 0 Å². The summed E-state index contributed by atoms with van der Waals surface area (Å²) in [5.41, 5.74) is 1.25. The lowest BCUT2D eigenvalue weighted by atomic mass is 10.1. The van der Waals surface area contributed by atoms with E-state index in [0.29, 0.717) is 30.0 Å². The van der Waals surface area contributed by atoms with E-state index in [1.165, 1.54) is 18.4 Å². The maximum atomic E-state index is 13.1. The van der Waals surface area contributed by atoms with Crippen LogP contribution in [0.4, 0.5) is 0 Å². The number of hydrogen-bond acceptors (Lipinski definition) is 3. The zero-order chi connectivity index (χ0) is 17.6. The molecule has 4 heteroatoms. The molecule has 0 radical (unpaired) electrons. The summed E-state index contributed by atoms with van der Waals surface area (Å²) >= 11 is 0. The van der Waals surface area contributed by atoms with Crippen LogP contribution in [0.15, 0.2) is 24.3 Å². The molecule has 136 valence electrons. The standard InChI is InChI=1S/C21H30N2O2/c1-14(2)23-16-7-8-17(23)13-22(10-9-16)21(24)20-12-19(20)15-5-4-6-18(11-15)25-3/h4-6,11,14,16-17,19-20H,7-10,12-13H2,1-3H3/t16-,17+,19-,20-/m1/s1. The highest BCUT2D eigenvalue weighted by molar-refractivity contribution is 5.83. The first-order valence-corrected chi connectivity index (χ1v) is 9.78. The summed E-state index contributed by atoms with van der Waals surface area (Å²) in [4.78, 5) is 17.9. The third kappa shape index (κ3) is 3.17. The van der Waals surface area contributed by atoms with Crippen molar-refractivity contribution in [2.24, 2.45) is 5.92 Å². The summed E-state index contributed by atoms with van der Waals surface area (Å²) in [6.07, 6.45) is 4.68. The molecule has 1 aromatic carbocycles. The third-order valence-electron chi connectivity index (χ3n) is 6.38. The number of carbonyl (C=O) groups is 1. The van der Waals surface area contributed by atoms with Gasteiger partial charge in [-0.15, -0.1) is 0 Å². The fourth-order valence-corrected chi connectivity index (χ4v) is 5.10. The van der Waals surface area contributed by atoms with Crippen LogP contribution in [0.5, 0.6) is 5.75 Å². The summed E-state index contributed by atoms with van der Waals surface area (Å²) in [6, 6.07) is 10.0. The van der Waals surface area contributed by atoms with Gasteiger partial charge in [0.15, 0.2) is 0 Å². The van der Waals surface area contributed by atoms with Gasteiger partial charge in [0, 0.05) is 37.1 Å². The number of hydrogen-bond donors (Lipinski definition) is 0. The quantitative estimate of drug-likeness (QED) is 0.842. The lowest BCUT2D eigenvalue weighted by molar-refractivity contribution is -0.133. The molecule has 4 rings (SSSR count). The summed E-state index contributed by atoms with van der Waals surface area (Å²) in [5, 5.41) is 0. The minimum atomic E-state index is 0.177. The summed E-state index contributed by atoms with van der Waals surface area (Å²) in [5.74, 6) is 1.82. The largest absolute Gasteiger partial charge is 0.497 e. The molecule has 2 aliphatic heterocycles. The number of ether oxygens (including phenoxy) is 1. The van der Waals surface area contributed by atoms with Crippen molar-refractivity contribution < 1.29 is 9.53 Å². The third-order valence-corrected chi connectivity index (χ3v) is 6.38. The average molecular weight is 342 g/mol. The van der Waals surface area contributed by atoms with Crippen molar-refractivity contribution in [1.29, 1.82) is 0 Å². The van der Waals surface area contributed by atoms with Crippen molar-refractivity contribution in [3.8, 4) is 5.75 Å². The van der Waals surface area contributed by atoms with E-state index in [1.807, 2.05) is 12.1 Å². The molecular weight excluding hydrogens is 312 g/mol. The SMILES string of the molecule is COc1cccc([C@H]2C[C@H]2C(=O)N2CC[C@H]3CC[C@@H](C2)N3C(C)C)c1. The van der Waals surface area contributed by atoms with E-state index in [2.05, 4.69) is 35.8 Å². The van der Waals surface area contributed by atoms with Crippen LogP contribution in [0.25, 0.3) is 0 Å². The van der Waals surface area contributed by atoms with Gasteiger partial charge in [0.05, 0.1) is 7.11 Å². The van der Waals surface area contributed by atoms with Crippen molar-refractivity contribution in [2.45, 2.75) is 63.6 Å². The maximum Gasteiger partial charge on any atom is 0.226 e. The van der Waals surface area contributed by atoms with E-state index in [9.17, 15) is 4.79 Å². The minimum Gasteiger partial charge on any atom is -0.497 e. The second-order valence-corrected chi connectivity index (χ2v) is 8.22. The first-order chi connectivity index (χ1) is 12.1. The molecule has 3 aliphatic rings. The van der Waals surface area contributed by atoms with E-state index in [0.717, 1.165) is 31.7 Å². The molecule has 0 unspecified atom stereocenters. The molecule has 1 saturated carbocycles. The zero-order valence-electron chi connectivity index (χ0n) is 15.6. The van der Waals surface area contributed by atoms with Crippen LogP contribution >= 0.6 is 0 Å². The fraction of sp³-hybridized carbons (Fsp3) is 0.667. The second-order valence-electron chi connectivity index (χ2n) is 8.22. The number of carbonyl (C=O) groups excluding carboxylic acids is 1. The van der Waals surface area contributed by atoms with Crippen LogP contribution in [-0.2, 0) is 4.79 Å². The molecular formula is C21H30N2O2. The Kier molecular flexibility index (Phi) is 4.48.